The maximum Gasteiger partial charge on any atom is 0.255 e. The van der Waals surface area contributed by atoms with E-state index in [1.54, 1.807) is 12.1 Å². The Hall–Kier alpha value is -0.970. The third kappa shape index (κ3) is 2.26. The molecular weight excluding hydrogens is 335 g/mol. The largest absolute Gasteiger partial charge is 0.396 e. The van der Waals surface area contributed by atoms with E-state index in [2.05, 4.69) is 0 Å². The topological polar surface area (TPSA) is 55.6 Å². The minimum absolute atomic E-state index is 0.0589. The molecule has 124 valence electrons. The summed E-state index contributed by atoms with van der Waals surface area (Å²) in [6.07, 6.45) is 5.91. The fraction of sp³-hybridized carbons (Fsp3) is 0.588. The summed E-state index contributed by atoms with van der Waals surface area (Å²) in [6.45, 7) is 1.60. The second-order valence-electron chi connectivity index (χ2n) is 6.97. The molecule has 4 nitrogen and oxygen atoms in total. The predicted octanol–water partition coefficient (Wildman–Crippen LogP) is 3.75. The first-order valence-corrected chi connectivity index (χ1v) is 8.95. The van der Waals surface area contributed by atoms with Gasteiger partial charge >= 0.3 is 0 Å². The summed E-state index contributed by atoms with van der Waals surface area (Å²) >= 11 is 12.2. The van der Waals surface area contributed by atoms with Crippen LogP contribution in [0.2, 0.25) is 10.0 Å². The number of nitrogens with two attached hydrogens (primary N) is 1. The van der Waals surface area contributed by atoms with Gasteiger partial charge in [-0.25, -0.2) is 0 Å². The number of hydrogen-bond donors (Lipinski definition) is 1. The van der Waals surface area contributed by atoms with Crippen molar-refractivity contribution in [3.05, 3.63) is 27.7 Å². The highest BCUT2D eigenvalue weighted by molar-refractivity contribution is 6.40. The molecule has 2 aliphatic heterocycles. The molecule has 1 saturated carbocycles. The van der Waals surface area contributed by atoms with Crippen LogP contribution in [0.5, 0.6) is 0 Å². The van der Waals surface area contributed by atoms with Crippen molar-refractivity contribution in [1.82, 2.24) is 4.90 Å². The highest BCUT2D eigenvalue weighted by Gasteiger charge is 2.60. The van der Waals surface area contributed by atoms with Gasteiger partial charge in [-0.2, -0.15) is 0 Å². The Bertz CT molecular complexity index is 654. The molecule has 2 unspecified atom stereocenters. The molecule has 0 bridgehead atoms. The molecule has 3 fully saturated rings. The molecule has 6 heteroatoms. The van der Waals surface area contributed by atoms with Crippen molar-refractivity contribution in [2.24, 2.45) is 5.41 Å². The number of halogens is 2. The Balaban J connectivity index is 1.62. The van der Waals surface area contributed by atoms with Gasteiger partial charge in [-0.3, -0.25) is 4.79 Å². The highest BCUT2D eigenvalue weighted by atomic mass is 35.5. The summed E-state index contributed by atoms with van der Waals surface area (Å²) in [5.41, 5.74) is 6.85. The normalized spacial score (nSPS) is 28.5. The van der Waals surface area contributed by atoms with Crippen LogP contribution in [0.1, 0.15) is 42.5 Å². The number of nitrogen functional groups attached to an aromatic ring is 1. The van der Waals surface area contributed by atoms with Crippen LogP contribution in [-0.4, -0.2) is 36.1 Å². The van der Waals surface area contributed by atoms with Crippen molar-refractivity contribution in [2.75, 3.05) is 18.9 Å². The first kappa shape index (κ1) is 15.6. The third-order valence-corrected chi connectivity index (χ3v) is 6.47. The lowest BCUT2D eigenvalue weighted by molar-refractivity contribution is -0.150. The van der Waals surface area contributed by atoms with Gasteiger partial charge in [-0.1, -0.05) is 29.6 Å². The van der Waals surface area contributed by atoms with Gasteiger partial charge in [0.2, 0.25) is 0 Å². The summed E-state index contributed by atoms with van der Waals surface area (Å²) in [5, 5.41) is 0.629. The second-order valence-corrected chi connectivity index (χ2v) is 7.75. The molecule has 2 saturated heterocycles. The number of rotatable bonds is 2. The Morgan fingerprint density at radius 2 is 2.09 bits per heavy atom. The Morgan fingerprint density at radius 1 is 1.30 bits per heavy atom. The van der Waals surface area contributed by atoms with E-state index >= 15 is 0 Å². The highest BCUT2D eigenvalue weighted by Crippen LogP contribution is 2.56. The summed E-state index contributed by atoms with van der Waals surface area (Å²) in [4.78, 5) is 14.9. The van der Waals surface area contributed by atoms with E-state index in [9.17, 15) is 4.79 Å². The molecule has 2 atom stereocenters. The van der Waals surface area contributed by atoms with Gasteiger partial charge in [-0.15, -0.1) is 0 Å². The zero-order valence-electron chi connectivity index (χ0n) is 12.9. The summed E-state index contributed by atoms with van der Waals surface area (Å²) in [5.74, 6) is -0.0589. The minimum atomic E-state index is -0.0589. The summed E-state index contributed by atoms with van der Waals surface area (Å²) in [6, 6.07) is 3.48. The smallest absolute Gasteiger partial charge is 0.255 e. The molecule has 0 radical (unpaired) electrons. The van der Waals surface area contributed by atoms with Crippen LogP contribution in [0.3, 0.4) is 0 Å². The van der Waals surface area contributed by atoms with Gasteiger partial charge in [0, 0.05) is 18.6 Å². The standard InChI is InChI=1S/C17H20Cl2N2O2/c18-11-5-4-10(13(19)14(11)20)16(22)21-9-17(6-2-7-17)15(21)12-3-1-8-23-12/h4-5,12,15H,1-3,6-9,20H2. The summed E-state index contributed by atoms with van der Waals surface area (Å²) < 4.78 is 5.90. The number of amides is 1. The predicted molar refractivity (Wildman–Crippen MR) is 91.0 cm³/mol. The summed E-state index contributed by atoms with van der Waals surface area (Å²) in [7, 11) is 0. The molecule has 1 aliphatic carbocycles. The van der Waals surface area contributed by atoms with Gasteiger partial charge < -0.3 is 15.4 Å². The van der Waals surface area contributed by atoms with Gasteiger partial charge in [0.1, 0.15) is 0 Å². The maximum absolute atomic E-state index is 13.0. The quantitative estimate of drug-likeness (QED) is 0.822. The number of ether oxygens (including phenoxy) is 1. The number of hydrogen-bond acceptors (Lipinski definition) is 3. The SMILES string of the molecule is Nc1c(Cl)ccc(C(=O)N2CC3(CCC3)C2C2CCCO2)c1Cl. The van der Waals surface area contributed by atoms with Crippen molar-refractivity contribution in [2.45, 2.75) is 44.2 Å². The number of carbonyl (C=O) groups excluding carboxylic acids is 1. The van der Waals surface area contributed by atoms with E-state index in [1.165, 1.54) is 19.3 Å². The molecule has 1 spiro atoms. The van der Waals surface area contributed by atoms with Crippen LogP contribution in [0.25, 0.3) is 0 Å². The average Bonchev–Trinajstić information content (AvgIpc) is 2.95. The van der Waals surface area contributed by atoms with Crippen LogP contribution in [0.15, 0.2) is 12.1 Å². The van der Waals surface area contributed by atoms with Gasteiger partial charge in [0.25, 0.3) is 5.91 Å². The van der Waals surface area contributed by atoms with Gasteiger partial charge in [-0.05, 0) is 37.8 Å². The third-order valence-electron chi connectivity index (χ3n) is 5.73. The second kappa shape index (κ2) is 5.54. The van der Waals surface area contributed by atoms with Gasteiger partial charge in [0.15, 0.2) is 0 Å². The van der Waals surface area contributed by atoms with Crippen molar-refractivity contribution in [3.8, 4) is 0 Å². The average molecular weight is 355 g/mol. The van der Waals surface area contributed by atoms with Crippen molar-refractivity contribution >= 4 is 34.8 Å². The molecule has 1 aromatic carbocycles. The molecule has 2 N–H and O–H groups in total. The number of anilines is 1. The number of benzene rings is 1. The fourth-order valence-electron chi connectivity index (χ4n) is 4.37. The van der Waals surface area contributed by atoms with Crippen LogP contribution >= 0.6 is 23.2 Å². The molecule has 4 rings (SSSR count). The van der Waals surface area contributed by atoms with E-state index < -0.39 is 0 Å². The first-order chi connectivity index (χ1) is 11.0. The van der Waals surface area contributed by atoms with Crippen LogP contribution in [0, 0.1) is 5.41 Å². The van der Waals surface area contributed by atoms with E-state index in [0.717, 1.165) is 26.0 Å². The van der Waals surface area contributed by atoms with Crippen molar-refractivity contribution < 1.29 is 9.53 Å². The lowest BCUT2D eigenvalue weighted by atomic mass is 9.56. The first-order valence-electron chi connectivity index (χ1n) is 8.19. The van der Waals surface area contributed by atoms with E-state index in [0.29, 0.717) is 10.6 Å². The maximum atomic E-state index is 13.0. The number of likely N-dealkylation sites (tertiary alicyclic amines) is 1. The Labute approximate surface area is 145 Å². The van der Waals surface area contributed by atoms with Gasteiger partial charge in [0.05, 0.1) is 33.4 Å². The van der Waals surface area contributed by atoms with E-state index in [-0.39, 0.29) is 34.2 Å². The van der Waals surface area contributed by atoms with Crippen molar-refractivity contribution in [3.63, 3.8) is 0 Å². The molecule has 1 amide bonds. The molecule has 1 aromatic rings. The van der Waals surface area contributed by atoms with Crippen molar-refractivity contribution in [1.29, 1.82) is 0 Å². The lowest BCUT2D eigenvalue weighted by Gasteiger charge is -2.63. The van der Waals surface area contributed by atoms with Crippen LogP contribution < -0.4 is 5.73 Å². The van der Waals surface area contributed by atoms with Crippen LogP contribution in [-0.2, 0) is 4.74 Å². The molecule has 3 aliphatic rings. The monoisotopic (exact) mass is 354 g/mol. The molecule has 0 aromatic heterocycles. The molecular formula is C17H20Cl2N2O2. The fourth-order valence-corrected chi connectivity index (χ4v) is 4.82. The number of carbonyl (C=O) groups is 1. The molecule has 2 heterocycles. The molecule has 23 heavy (non-hydrogen) atoms. The van der Waals surface area contributed by atoms with Crippen LogP contribution in [0.4, 0.5) is 5.69 Å². The minimum Gasteiger partial charge on any atom is -0.396 e. The Morgan fingerprint density at radius 3 is 2.70 bits per heavy atom. The van der Waals surface area contributed by atoms with E-state index in [1.807, 2.05) is 4.90 Å². The number of nitrogens with zero attached hydrogens (tertiary/aromatic N) is 1. The zero-order valence-corrected chi connectivity index (χ0v) is 14.4. The van der Waals surface area contributed by atoms with E-state index in [4.69, 9.17) is 33.7 Å². The Kier molecular flexibility index (Phi) is 3.74. The zero-order chi connectivity index (χ0) is 16.2. The lowest BCUT2D eigenvalue weighted by Crippen LogP contribution is -2.72.